The first kappa shape index (κ1) is 25.0. The lowest BCUT2D eigenvalue weighted by Gasteiger charge is -2.23. The molecule has 0 radical (unpaired) electrons. The molecule has 2 nitrogen and oxygen atoms in total. The van der Waals surface area contributed by atoms with Crippen LogP contribution in [-0.2, 0) is 0 Å². The maximum atomic E-state index is 10.2. The van der Waals surface area contributed by atoms with Crippen LogP contribution in [0.3, 0.4) is 0 Å². The Morgan fingerprint density at radius 3 is 1.26 bits per heavy atom. The molecule has 1 fully saturated rings. The molecule has 0 aromatic carbocycles. The Kier molecular flexibility index (Phi) is 16.6. The van der Waals surface area contributed by atoms with Crippen LogP contribution < -0.4 is 5.32 Å². The Balaban J connectivity index is 1.66. The van der Waals surface area contributed by atoms with Gasteiger partial charge in [0.15, 0.2) is 0 Å². The minimum absolute atomic E-state index is 0.519. The fourth-order valence-electron chi connectivity index (χ4n) is 4.48. The van der Waals surface area contributed by atoms with Crippen LogP contribution in [0.5, 0.6) is 0 Å². The van der Waals surface area contributed by atoms with Gasteiger partial charge >= 0.3 is 0 Å². The summed E-state index contributed by atoms with van der Waals surface area (Å²) in [5.41, 5.74) is -0.519. The molecular formula is C25H51NO. The molecule has 1 aliphatic rings. The third-order valence-corrected chi connectivity index (χ3v) is 6.42. The van der Waals surface area contributed by atoms with E-state index in [0.29, 0.717) is 0 Å². The van der Waals surface area contributed by atoms with Crippen LogP contribution >= 0.6 is 0 Å². The minimum Gasteiger partial charge on any atom is -0.376 e. The molecule has 1 saturated carbocycles. The normalized spacial score (nSPS) is 16.2. The van der Waals surface area contributed by atoms with Gasteiger partial charge in [0.05, 0.1) is 0 Å². The molecule has 0 saturated heterocycles. The van der Waals surface area contributed by atoms with Crippen molar-refractivity contribution in [2.24, 2.45) is 0 Å². The highest BCUT2D eigenvalue weighted by atomic mass is 16.3. The zero-order chi connectivity index (χ0) is 19.5. The van der Waals surface area contributed by atoms with Gasteiger partial charge in [0, 0.05) is 0 Å². The van der Waals surface area contributed by atoms with Gasteiger partial charge in [-0.3, -0.25) is 5.32 Å². The molecule has 27 heavy (non-hydrogen) atoms. The predicted octanol–water partition coefficient (Wildman–Crippen LogP) is 7.88. The molecule has 1 aliphatic carbocycles. The lowest BCUT2D eigenvalue weighted by atomic mass is 10.0. The highest BCUT2D eigenvalue weighted by molar-refractivity contribution is 4.81. The van der Waals surface area contributed by atoms with Gasteiger partial charge < -0.3 is 5.11 Å². The number of hydrogen-bond acceptors (Lipinski definition) is 2. The molecule has 0 unspecified atom stereocenters. The highest BCUT2D eigenvalue weighted by Gasteiger charge is 2.29. The summed E-state index contributed by atoms with van der Waals surface area (Å²) in [6.07, 6.45) is 29.9. The molecule has 0 atom stereocenters. The second kappa shape index (κ2) is 18.0. The fraction of sp³-hybridized carbons (Fsp3) is 1.00. The van der Waals surface area contributed by atoms with E-state index < -0.39 is 5.72 Å². The van der Waals surface area contributed by atoms with Gasteiger partial charge in [-0.15, -0.1) is 0 Å². The quantitative estimate of drug-likeness (QED) is 0.166. The number of aliphatic hydroxyl groups is 1. The average molecular weight is 382 g/mol. The minimum atomic E-state index is -0.519. The first-order valence-electron chi connectivity index (χ1n) is 12.7. The standard InChI is InChI=1S/C25H51NO/c1-2-3-4-5-6-7-8-9-10-11-12-13-14-15-16-17-18-21-24-26-25(27)22-19-20-23-25/h26-27H,2-24H2,1H3. The van der Waals surface area contributed by atoms with Gasteiger partial charge in [-0.2, -0.15) is 0 Å². The SMILES string of the molecule is CCCCCCCCCCCCCCCCCCCCNC1(O)CCCC1. The van der Waals surface area contributed by atoms with Crippen molar-refractivity contribution < 1.29 is 5.11 Å². The summed E-state index contributed by atoms with van der Waals surface area (Å²) in [6, 6.07) is 0. The zero-order valence-electron chi connectivity index (χ0n) is 18.7. The average Bonchev–Trinajstić information content (AvgIpc) is 3.10. The van der Waals surface area contributed by atoms with Gasteiger partial charge in [0.1, 0.15) is 5.72 Å². The molecule has 0 amide bonds. The largest absolute Gasteiger partial charge is 0.376 e. The molecule has 162 valence electrons. The van der Waals surface area contributed by atoms with Gasteiger partial charge in [-0.05, 0) is 38.6 Å². The van der Waals surface area contributed by atoms with E-state index in [1.54, 1.807) is 0 Å². The topological polar surface area (TPSA) is 32.3 Å². The van der Waals surface area contributed by atoms with E-state index in [9.17, 15) is 5.11 Å². The molecule has 0 aromatic heterocycles. The van der Waals surface area contributed by atoms with Crippen LogP contribution in [0.15, 0.2) is 0 Å². The summed E-state index contributed by atoms with van der Waals surface area (Å²) in [5.74, 6) is 0. The van der Waals surface area contributed by atoms with Crippen molar-refractivity contribution in [2.75, 3.05) is 6.54 Å². The van der Waals surface area contributed by atoms with Gasteiger partial charge in [0.25, 0.3) is 0 Å². The van der Waals surface area contributed by atoms with Gasteiger partial charge in [0.2, 0.25) is 0 Å². The molecular weight excluding hydrogens is 330 g/mol. The van der Waals surface area contributed by atoms with Crippen LogP contribution in [0, 0.1) is 0 Å². The number of unbranched alkanes of at least 4 members (excludes halogenated alkanes) is 17. The van der Waals surface area contributed by atoms with E-state index in [4.69, 9.17) is 0 Å². The van der Waals surface area contributed by atoms with E-state index >= 15 is 0 Å². The molecule has 0 spiro atoms. The molecule has 2 heteroatoms. The second-order valence-electron chi connectivity index (χ2n) is 9.18. The molecule has 1 rings (SSSR count). The van der Waals surface area contributed by atoms with Crippen LogP contribution in [0.1, 0.15) is 148 Å². The molecule has 0 aromatic rings. The lowest BCUT2D eigenvalue weighted by molar-refractivity contribution is 0.0123. The molecule has 0 aliphatic heterocycles. The first-order valence-corrected chi connectivity index (χ1v) is 12.7. The van der Waals surface area contributed by atoms with E-state index in [0.717, 1.165) is 19.4 Å². The van der Waals surface area contributed by atoms with Crippen LogP contribution in [0.25, 0.3) is 0 Å². The Hall–Kier alpha value is -0.0800. The van der Waals surface area contributed by atoms with E-state index in [1.807, 2.05) is 0 Å². The summed E-state index contributed by atoms with van der Waals surface area (Å²) < 4.78 is 0. The third kappa shape index (κ3) is 15.5. The molecule has 0 bridgehead atoms. The zero-order valence-corrected chi connectivity index (χ0v) is 18.7. The van der Waals surface area contributed by atoms with E-state index in [1.165, 1.54) is 128 Å². The van der Waals surface area contributed by atoms with E-state index in [2.05, 4.69) is 12.2 Å². The molecule has 2 N–H and O–H groups in total. The molecule has 0 heterocycles. The predicted molar refractivity (Wildman–Crippen MR) is 120 cm³/mol. The Bertz CT molecular complexity index is 299. The lowest BCUT2D eigenvalue weighted by Crippen LogP contribution is -2.42. The van der Waals surface area contributed by atoms with Crippen molar-refractivity contribution in [2.45, 2.75) is 154 Å². The van der Waals surface area contributed by atoms with Gasteiger partial charge in [-0.25, -0.2) is 0 Å². The number of nitrogens with one attached hydrogen (secondary N) is 1. The maximum Gasteiger partial charge on any atom is 0.116 e. The monoisotopic (exact) mass is 381 g/mol. The van der Waals surface area contributed by atoms with Crippen molar-refractivity contribution in [3.63, 3.8) is 0 Å². The summed E-state index contributed by atoms with van der Waals surface area (Å²) in [4.78, 5) is 0. The highest BCUT2D eigenvalue weighted by Crippen LogP contribution is 2.26. The third-order valence-electron chi connectivity index (χ3n) is 6.42. The fourth-order valence-corrected chi connectivity index (χ4v) is 4.48. The van der Waals surface area contributed by atoms with Crippen LogP contribution in [-0.4, -0.2) is 17.4 Å². The summed E-state index contributed by atoms with van der Waals surface area (Å²) in [5, 5.41) is 13.6. The number of hydrogen-bond donors (Lipinski definition) is 2. The van der Waals surface area contributed by atoms with Gasteiger partial charge in [-0.1, -0.05) is 116 Å². The summed E-state index contributed by atoms with van der Waals surface area (Å²) in [6.45, 7) is 3.29. The Morgan fingerprint density at radius 1 is 0.556 bits per heavy atom. The van der Waals surface area contributed by atoms with Crippen molar-refractivity contribution in [1.29, 1.82) is 0 Å². The summed E-state index contributed by atoms with van der Waals surface area (Å²) >= 11 is 0. The Labute approximate surface area is 171 Å². The van der Waals surface area contributed by atoms with Crippen molar-refractivity contribution in [3.8, 4) is 0 Å². The van der Waals surface area contributed by atoms with E-state index in [-0.39, 0.29) is 0 Å². The van der Waals surface area contributed by atoms with Crippen molar-refractivity contribution in [3.05, 3.63) is 0 Å². The first-order chi connectivity index (χ1) is 13.3. The maximum absolute atomic E-state index is 10.2. The number of rotatable bonds is 20. The van der Waals surface area contributed by atoms with Crippen molar-refractivity contribution in [1.82, 2.24) is 5.32 Å². The van der Waals surface area contributed by atoms with Crippen LogP contribution in [0.4, 0.5) is 0 Å². The second-order valence-corrected chi connectivity index (χ2v) is 9.18. The summed E-state index contributed by atoms with van der Waals surface area (Å²) in [7, 11) is 0. The van der Waals surface area contributed by atoms with Crippen molar-refractivity contribution >= 4 is 0 Å². The smallest absolute Gasteiger partial charge is 0.116 e. The Morgan fingerprint density at radius 2 is 0.889 bits per heavy atom. The van der Waals surface area contributed by atoms with Crippen LogP contribution in [0.2, 0.25) is 0 Å².